The molecule has 0 radical (unpaired) electrons. The maximum Gasteiger partial charge on any atom is 0.321 e. The normalized spacial score (nSPS) is 39.4. The summed E-state index contributed by atoms with van der Waals surface area (Å²) in [6, 6.07) is -0.281. The van der Waals surface area contributed by atoms with Crippen molar-refractivity contribution in [1.82, 2.24) is 16.0 Å². The Kier molecular flexibility index (Phi) is 3.71. The summed E-state index contributed by atoms with van der Waals surface area (Å²) in [5, 5.41) is 8.26. The van der Waals surface area contributed by atoms with Crippen LogP contribution in [0.4, 0.5) is 4.79 Å². The molecule has 0 aromatic carbocycles. The first-order chi connectivity index (χ1) is 9.56. The fourth-order valence-electron chi connectivity index (χ4n) is 4.84. The van der Waals surface area contributed by atoms with Crippen LogP contribution in [-0.4, -0.2) is 31.1 Å². The highest BCUT2D eigenvalue weighted by atomic mass is 16.2. The van der Waals surface area contributed by atoms with Gasteiger partial charge in [-0.3, -0.25) is 10.1 Å². The Hall–Kier alpha value is -1.10. The molecule has 0 spiro atoms. The van der Waals surface area contributed by atoms with Gasteiger partial charge in [0, 0.05) is 13.1 Å². The lowest BCUT2D eigenvalue weighted by atomic mass is 9.54. The molecule has 4 bridgehead atoms. The Morgan fingerprint density at radius 3 is 2.05 bits per heavy atom. The van der Waals surface area contributed by atoms with Crippen LogP contribution in [0.2, 0.25) is 0 Å². The number of carbonyl (C=O) groups is 2. The summed E-state index contributed by atoms with van der Waals surface area (Å²) in [5.41, 5.74) is 0. The molecule has 0 aliphatic heterocycles. The number of imide groups is 1. The van der Waals surface area contributed by atoms with E-state index in [-0.39, 0.29) is 11.9 Å². The molecule has 112 valence electrons. The molecule has 4 rings (SSSR count). The van der Waals surface area contributed by atoms with E-state index < -0.39 is 6.03 Å². The van der Waals surface area contributed by atoms with E-state index in [1.165, 1.54) is 39.2 Å². The smallest absolute Gasteiger partial charge is 0.321 e. The lowest BCUT2D eigenvalue weighted by molar-refractivity contribution is -0.122. The Bertz CT molecular complexity index is 382. The van der Waals surface area contributed by atoms with Gasteiger partial charge >= 0.3 is 6.03 Å². The maximum atomic E-state index is 11.9. The van der Waals surface area contributed by atoms with E-state index >= 15 is 0 Å². The second-order valence-electron chi connectivity index (χ2n) is 6.91. The molecule has 4 aliphatic carbocycles. The fraction of sp³-hybridized carbons (Fsp3) is 0.867. The number of nitrogens with one attached hydrogen (secondary N) is 3. The molecule has 1 atom stereocenters. The van der Waals surface area contributed by atoms with Crippen molar-refractivity contribution in [3.05, 3.63) is 0 Å². The SMILES string of the molecule is CNC(=O)NC(=O)[C@H](C)NC1C2CC3CC(C2)CC1C3. The molecule has 5 nitrogen and oxygen atoms in total. The average Bonchev–Trinajstić information content (AvgIpc) is 2.41. The van der Waals surface area contributed by atoms with Gasteiger partial charge in [0.05, 0.1) is 6.04 Å². The standard InChI is InChI=1S/C15H25N3O2/c1-8(14(19)18-15(20)16-2)17-13-11-4-9-3-10(6-11)7-12(13)5-9/h8-13,17H,3-7H2,1-2H3,(H2,16,18,19,20)/t8-,9?,10?,11?,12?,13?/m0/s1. The molecule has 4 fully saturated rings. The van der Waals surface area contributed by atoms with E-state index in [2.05, 4.69) is 16.0 Å². The summed E-state index contributed by atoms with van der Waals surface area (Å²) < 4.78 is 0. The molecule has 20 heavy (non-hydrogen) atoms. The first kappa shape index (κ1) is 13.9. The van der Waals surface area contributed by atoms with Crippen LogP contribution in [0.5, 0.6) is 0 Å². The zero-order chi connectivity index (χ0) is 14.3. The molecule has 0 unspecified atom stereocenters. The summed E-state index contributed by atoms with van der Waals surface area (Å²) in [6.07, 6.45) is 6.75. The largest absolute Gasteiger partial charge is 0.341 e. The van der Waals surface area contributed by atoms with Crippen molar-refractivity contribution in [2.45, 2.75) is 51.1 Å². The fourth-order valence-corrected chi connectivity index (χ4v) is 4.84. The zero-order valence-corrected chi connectivity index (χ0v) is 12.3. The highest BCUT2D eigenvalue weighted by Gasteiger charge is 2.48. The van der Waals surface area contributed by atoms with Gasteiger partial charge in [-0.2, -0.15) is 0 Å². The van der Waals surface area contributed by atoms with Gasteiger partial charge in [-0.1, -0.05) is 0 Å². The number of amides is 3. The van der Waals surface area contributed by atoms with Crippen molar-refractivity contribution >= 4 is 11.9 Å². The van der Waals surface area contributed by atoms with Gasteiger partial charge in [0.15, 0.2) is 0 Å². The lowest BCUT2D eigenvalue weighted by Crippen LogP contribution is -2.59. The van der Waals surface area contributed by atoms with Gasteiger partial charge in [-0.05, 0) is 62.7 Å². The number of urea groups is 1. The van der Waals surface area contributed by atoms with Crippen LogP contribution in [-0.2, 0) is 4.79 Å². The Morgan fingerprint density at radius 1 is 1.00 bits per heavy atom. The average molecular weight is 279 g/mol. The third-order valence-electron chi connectivity index (χ3n) is 5.53. The molecule has 5 heteroatoms. The molecule has 3 N–H and O–H groups in total. The van der Waals surface area contributed by atoms with Gasteiger partial charge in [-0.25, -0.2) is 4.79 Å². The van der Waals surface area contributed by atoms with Crippen LogP contribution in [0, 0.1) is 23.7 Å². The second kappa shape index (κ2) is 5.35. The molecular weight excluding hydrogens is 254 g/mol. The minimum Gasteiger partial charge on any atom is -0.341 e. The van der Waals surface area contributed by atoms with Gasteiger partial charge in [0.25, 0.3) is 0 Å². The quantitative estimate of drug-likeness (QED) is 0.728. The summed E-state index contributed by atoms with van der Waals surface area (Å²) >= 11 is 0. The minimum absolute atomic E-state index is 0.238. The molecule has 0 saturated heterocycles. The van der Waals surface area contributed by atoms with Crippen molar-refractivity contribution in [2.24, 2.45) is 23.7 Å². The van der Waals surface area contributed by atoms with Crippen molar-refractivity contribution in [1.29, 1.82) is 0 Å². The second-order valence-corrected chi connectivity index (χ2v) is 6.91. The lowest BCUT2D eigenvalue weighted by Gasteiger charge is -2.55. The summed E-state index contributed by atoms with van der Waals surface area (Å²) in [4.78, 5) is 23.1. The molecule has 0 heterocycles. The molecule has 4 aliphatic rings. The molecule has 0 aromatic rings. The third-order valence-corrected chi connectivity index (χ3v) is 5.53. The Balaban J connectivity index is 1.57. The van der Waals surface area contributed by atoms with Crippen LogP contribution in [0.15, 0.2) is 0 Å². The molecular formula is C15H25N3O2. The first-order valence-electron chi connectivity index (χ1n) is 7.85. The number of hydrogen-bond donors (Lipinski definition) is 3. The highest BCUT2D eigenvalue weighted by molar-refractivity contribution is 5.96. The van der Waals surface area contributed by atoms with E-state index in [1.54, 1.807) is 0 Å². The van der Waals surface area contributed by atoms with Crippen molar-refractivity contribution in [2.75, 3.05) is 7.05 Å². The summed E-state index contributed by atoms with van der Waals surface area (Å²) in [5.74, 6) is 3.11. The van der Waals surface area contributed by atoms with Crippen molar-refractivity contribution in [3.8, 4) is 0 Å². The van der Waals surface area contributed by atoms with Crippen LogP contribution in [0.1, 0.15) is 39.0 Å². The van der Waals surface area contributed by atoms with E-state index in [0.717, 1.165) is 23.7 Å². The van der Waals surface area contributed by atoms with Gasteiger partial charge in [0.1, 0.15) is 0 Å². The van der Waals surface area contributed by atoms with Crippen molar-refractivity contribution in [3.63, 3.8) is 0 Å². The molecule has 4 saturated carbocycles. The van der Waals surface area contributed by atoms with E-state index in [1.807, 2.05) is 6.92 Å². The minimum atomic E-state index is -0.436. The number of rotatable bonds is 3. The molecule has 3 amide bonds. The Morgan fingerprint density at radius 2 is 1.55 bits per heavy atom. The van der Waals surface area contributed by atoms with Gasteiger partial charge in [-0.15, -0.1) is 0 Å². The van der Waals surface area contributed by atoms with Crippen LogP contribution >= 0.6 is 0 Å². The molecule has 0 aromatic heterocycles. The van der Waals surface area contributed by atoms with Crippen LogP contribution in [0.3, 0.4) is 0 Å². The predicted octanol–water partition coefficient (Wildman–Crippen LogP) is 1.24. The predicted molar refractivity (Wildman–Crippen MR) is 76.0 cm³/mol. The van der Waals surface area contributed by atoms with E-state index in [9.17, 15) is 9.59 Å². The number of carbonyl (C=O) groups excluding carboxylic acids is 2. The number of hydrogen-bond acceptors (Lipinski definition) is 3. The van der Waals surface area contributed by atoms with Crippen LogP contribution < -0.4 is 16.0 Å². The first-order valence-corrected chi connectivity index (χ1v) is 7.85. The van der Waals surface area contributed by atoms with Crippen LogP contribution in [0.25, 0.3) is 0 Å². The summed E-state index contributed by atoms with van der Waals surface area (Å²) in [6.45, 7) is 1.85. The van der Waals surface area contributed by atoms with Gasteiger partial charge in [0.2, 0.25) is 5.91 Å². The zero-order valence-electron chi connectivity index (χ0n) is 12.3. The topological polar surface area (TPSA) is 70.2 Å². The summed E-state index contributed by atoms with van der Waals surface area (Å²) in [7, 11) is 1.51. The third kappa shape index (κ3) is 2.55. The Labute approximate surface area is 120 Å². The van der Waals surface area contributed by atoms with Crippen molar-refractivity contribution < 1.29 is 9.59 Å². The van der Waals surface area contributed by atoms with Gasteiger partial charge < -0.3 is 10.6 Å². The van der Waals surface area contributed by atoms with E-state index in [4.69, 9.17) is 0 Å². The maximum absolute atomic E-state index is 11.9. The highest BCUT2D eigenvalue weighted by Crippen LogP contribution is 2.53. The monoisotopic (exact) mass is 279 g/mol. The van der Waals surface area contributed by atoms with E-state index in [0.29, 0.717) is 6.04 Å².